The van der Waals surface area contributed by atoms with Gasteiger partial charge >= 0.3 is 5.97 Å². The van der Waals surface area contributed by atoms with Gasteiger partial charge in [-0.1, -0.05) is 0 Å². The third-order valence-electron chi connectivity index (χ3n) is 2.34. The third kappa shape index (κ3) is 2.57. The lowest BCUT2D eigenvalue weighted by molar-refractivity contribution is -0.132. The Kier molecular flexibility index (Phi) is 3.06. The molecule has 0 spiro atoms. The highest BCUT2D eigenvalue weighted by Gasteiger charge is 2.24. The fourth-order valence-corrected chi connectivity index (χ4v) is 1.21. The molecule has 4 nitrogen and oxygen atoms in total. The zero-order valence-electron chi connectivity index (χ0n) is 7.56. The van der Waals surface area contributed by atoms with Crippen LogP contribution in [0.2, 0.25) is 0 Å². The molecule has 0 aromatic heterocycles. The first-order chi connectivity index (χ1) is 6.11. The van der Waals surface area contributed by atoms with E-state index in [-0.39, 0.29) is 5.91 Å². The summed E-state index contributed by atoms with van der Waals surface area (Å²) in [4.78, 5) is 23.0. The maximum absolute atomic E-state index is 11.3. The summed E-state index contributed by atoms with van der Waals surface area (Å²) in [7, 11) is 1.71. The van der Waals surface area contributed by atoms with Crippen molar-refractivity contribution in [2.45, 2.75) is 25.3 Å². The number of carbonyl (C=O) groups excluding carboxylic acids is 1. The van der Waals surface area contributed by atoms with Crippen LogP contribution in [0.4, 0.5) is 0 Å². The molecule has 72 valence electrons. The minimum Gasteiger partial charge on any atom is -0.478 e. The molecule has 13 heavy (non-hydrogen) atoms. The number of aliphatic carboxylic acids is 1. The first kappa shape index (κ1) is 9.77. The monoisotopic (exact) mass is 183 g/mol. The van der Waals surface area contributed by atoms with Crippen molar-refractivity contribution in [1.29, 1.82) is 0 Å². The number of carbonyl (C=O) groups is 2. The van der Waals surface area contributed by atoms with Crippen LogP contribution < -0.4 is 0 Å². The zero-order chi connectivity index (χ0) is 9.84. The van der Waals surface area contributed by atoms with Gasteiger partial charge in [0.05, 0.1) is 0 Å². The molecule has 1 N–H and O–H groups in total. The van der Waals surface area contributed by atoms with Crippen LogP contribution in [0.1, 0.15) is 19.3 Å². The number of nitrogens with zero attached hydrogens (tertiary/aromatic N) is 1. The van der Waals surface area contributed by atoms with Gasteiger partial charge in [-0.15, -0.1) is 0 Å². The topological polar surface area (TPSA) is 57.6 Å². The Bertz CT molecular complexity index is 243. The van der Waals surface area contributed by atoms with E-state index in [1.807, 2.05) is 0 Å². The molecule has 0 aromatic carbocycles. The van der Waals surface area contributed by atoms with Crippen LogP contribution in [-0.4, -0.2) is 35.0 Å². The second-order valence-electron chi connectivity index (χ2n) is 3.21. The Labute approximate surface area is 76.8 Å². The highest BCUT2D eigenvalue weighted by Crippen LogP contribution is 2.23. The fraction of sp³-hybridized carbons (Fsp3) is 0.556. The second kappa shape index (κ2) is 4.07. The van der Waals surface area contributed by atoms with E-state index in [0.717, 1.165) is 31.4 Å². The van der Waals surface area contributed by atoms with Crippen LogP contribution in [0.3, 0.4) is 0 Å². The third-order valence-corrected chi connectivity index (χ3v) is 2.34. The van der Waals surface area contributed by atoms with Gasteiger partial charge < -0.3 is 10.0 Å². The van der Waals surface area contributed by atoms with E-state index in [1.54, 1.807) is 11.9 Å². The molecule has 0 unspecified atom stereocenters. The molecule has 0 saturated heterocycles. The Morgan fingerprint density at radius 2 is 2.00 bits per heavy atom. The van der Waals surface area contributed by atoms with E-state index in [9.17, 15) is 9.59 Å². The Balaban J connectivity index is 2.41. The van der Waals surface area contributed by atoms with Crippen molar-refractivity contribution >= 4 is 11.9 Å². The molecule has 0 bridgehead atoms. The van der Waals surface area contributed by atoms with Crippen LogP contribution in [0.15, 0.2) is 12.2 Å². The predicted molar refractivity (Wildman–Crippen MR) is 47.2 cm³/mol. The summed E-state index contributed by atoms with van der Waals surface area (Å²) in [6.07, 6.45) is 5.19. The molecular formula is C9H13NO3. The van der Waals surface area contributed by atoms with Crippen LogP contribution in [0.25, 0.3) is 0 Å². The summed E-state index contributed by atoms with van der Waals surface area (Å²) >= 11 is 0. The molecule has 1 saturated carbocycles. The molecule has 4 heteroatoms. The van der Waals surface area contributed by atoms with E-state index in [2.05, 4.69) is 0 Å². The number of rotatable bonds is 3. The lowest BCUT2D eigenvalue weighted by Crippen LogP contribution is -2.40. The van der Waals surface area contributed by atoms with Gasteiger partial charge in [0.2, 0.25) is 5.91 Å². The number of hydrogen-bond donors (Lipinski definition) is 1. The Hall–Kier alpha value is -1.32. The lowest BCUT2D eigenvalue weighted by atomic mass is 9.92. The summed E-state index contributed by atoms with van der Waals surface area (Å²) < 4.78 is 0. The van der Waals surface area contributed by atoms with Gasteiger partial charge in [-0.2, -0.15) is 0 Å². The SMILES string of the molecule is CN(C(=O)/C=C/C(=O)O)C1CCC1. The van der Waals surface area contributed by atoms with E-state index >= 15 is 0 Å². The van der Waals surface area contributed by atoms with Gasteiger partial charge in [0.25, 0.3) is 0 Å². The van der Waals surface area contributed by atoms with Crippen molar-refractivity contribution in [2.75, 3.05) is 7.05 Å². The van der Waals surface area contributed by atoms with Gasteiger partial charge in [0.15, 0.2) is 0 Å². The van der Waals surface area contributed by atoms with Crippen molar-refractivity contribution in [3.8, 4) is 0 Å². The Morgan fingerprint density at radius 1 is 1.38 bits per heavy atom. The number of amides is 1. The van der Waals surface area contributed by atoms with Crippen molar-refractivity contribution in [3.05, 3.63) is 12.2 Å². The molecule has 1 fully saturated rings. The molecule has 0 aromatic rings. The summed E-state index contributed by atoms with van der Waals surface area (Å²) in [5.41, 5.74) is 0. The van der Waals surface area contributed by atoms with E-state index in [0.29, 0.717) is 6.04 Å². The van der Waals surface area contributed by atoms with Crippen molar-refractivity contribution in [3.63, 3.8) is 0 Å². The van der Waals surface area contributed by atoms with Gasteiger partial charge in [0, 0.05) is 25.2 Å². The average Bonchev–Trinajstić information content (AvgIpc) is 1.96. The first-order valence-corrected chi connectivity index (χ1v) is 4.29. The smallest absolute Gasteiger partial charge is 0.328 e. The highest BCUT2D eigenvalue weighted by atomic mass is 16.4. The minimum absolute atomic E-state index is 0.230. The maximum atomic E-state index is 11.3. The van der Waals surface area contributed by atoms with Crippen molar-refractivity contribution in [1.82, 2.24) is 4.90 Å². The predicted octanol–water partition coefficient (Wildman–Crippen LogP) is 0.638. The largest absolute Gasteiger partial charge is 0.478 e. The Morgan fingerprint density at radius 3 is 2.38 bits per heavy atom. The molecule has 1 amide bonds. The van der Waals surface area contributed by atoms with E-state index in [4.69, 9.17) is 5.11 Å². The normalized spacial score (nSPS) is 17.0. The standard InChI is InChI=1S/C9H13NO3/c1-10(7-3-2-4-7)8(11)5-6-9(12)13/h5-7H,2-4H2,1H3,(H,12,13)/b6-5+. The summed E-state index contributed by atoms with van der Waals surface area (Å²) in [5.74, 6) is -1.32. The molecule has 1 aliphatic carbocycles. The molecule has 0 atom stereocenters. The first-order valence-electron chi connectivity index (χ1n) is 4.29. The van der Waals surface area contributed by atoms with Crippen LogP contribution in [-0.2, 0) is 9.59 Å². The molecule has 0 heterocycles. The lowest BCUT2D eigenvalue weighted by Gasteiger charge is -2.33. The van der Waals surface area contributed by atoms with Crippen molar-refractivity contribution in [2.24, 2.45) is 0 Å². The molecular weight excluding hydrogens is 170 g/mol. The average molecular weight is 183 g/mol. The summed E-state index contributed by atoms with van der Waals surface area (Å²) in [6, 6.07) is 0.311. The minimum atomic E-state index is -1.09. The van der Waals surface area contributed by atoms with Gasteiger partial charge in [-0.25, -0.2) is 4.79 Å². The quantitative estimate of drug-likeness (QED) is 0.653. The number of carboxylic acid groups (broad SMARTS) is 1. The van der Waals surface area contributed by atoms with E-state index < -0.39 is 5.97 Å². The fourth-order valence-electron chi connectivity index (χ4n) is 1.21. The molecule has 0 radical (unpaired) electrons. The summed E-state index contributed by atoms with van der Waals surface area (Å²) in [5, 5.41) is 8.30. The van der Waals surface area contributed by atoms with Gasteiger partial charge in [0.1, 0.15) is 0 Å². The highest BCUT2D eigenvalue weighted by molar-refractivity contribution is 5.93. The van der Waals surface area contributed by atoms with Crippen molar-refractivity contribution < 1.29 is 14.7 Å². The van der Waals surface area contributed by atoms with Crippen LogP contribution in [0.5, 0.6) is 0 Å². The van der Waals surface area contributed by atoms with Gasteiger partial charge in [-0.3, -0.25) is 4.79 Å². The number of carboxylic acids is 1. The van der Waals surface area contributed by atoms with Crippen LogP contribution in [0, 0.1) is 0 Å². The summed E-state index contributed by atoms with van der Waals surface area (Å²) in [6.45, 7) is 0. The number of hydrogen-bond acceptors (Lipinski definition) is 2. The second-order valence-corrected chi connectivity index (χ2v) is 3.21. The molecule has 1 aliphatic rings. The number of likely N-dealkylation sites (N-methyl/N-ethyl adjacent to an activating group) is 1. The van der Waals surface area contributed by atoms with Gasteiger partial charge in [-0.05, 0) is 19.3 Å². The maximum Gasteiger partial charge on any atom is 0.328 e. The molecule has 0 aliphatic heterocycles. The van der Waals surface area contributed by atoms with Crippen LogP contribution >= 0.6 is 0 Å². The zero-order valence-corrected chi connectivity index (χ0v) is 7.56. The molecule has 1 rings (SSSR count). The van der Waals surface area contributed by atoms with E-state index in [1.165, 1.54) is 0 Å².